The zero-order valence-corrected chi connectivity index (χ0v) is 8.70. The van der Waals surface area contributed by atoms with Crippen molar-refractivity contribution in [2.75, 3.05) is 13.1 Å². The minimum Gasteiger partial charge on any atom is -0.317 e. The molecule has 2 heteroatoms. The zero-order valence-electron chi connectivity index (χ0n) is 8.70. The summed E-state index contributed by atoms with van der Waals surface area (Å²) in [6.45, 7) is 6.08. The highest BCUT2D eigenvalue weighted by Gasteiger charge is 2.58. The largest absolute Gasteiger partial charge is 0.317 e. The van der Waals surface area contributed by atoms with Crippen LogP contribution in [-0.2, 0) is 0 Å². The van der Waals surface area contributed by atoms with E-state index in [0.29, 0.717) is 5.41 Å². The molecule has 13 heavy (non-hydrogen) atoms. The smallest absolute Gasteiger partial charge is 0.109 e. The maximum absolute atomic E-state index is 13.3. The number of rotatable bonds is 3. The van der Waals surface area contributed by atoms with Crippen molar-refractivity contribution in [1.82, 2.24) is 5.32 Å². The molecule has 0 heterocycles. The number of hydrogen-bond acceptors (Lipinski definition) is 1. The van der Waals surface area contributed by atoms with Crippen LogP contribution in [0.2, 0.25) is 0 Å². The molecule has 1 N–H and O–H groups in total. The van der Waals surface area contributed by atoms with Gasteiger partial charge in [-0.1, -0.05) is 6.92 Å². The van der Waals surface area contributed by atoms with Gasteiger partial charge in [0.15, 0.2) is 0 Å². The van der Waals surface area contributed by atoms with Crippen molar-refractivity contribution in [2.24, 2.45) is 11.3 Å². The lowest BCUT2D eigenvalue weighted by atomic mass is 9.47. The third-order valence-corrected chi connectivity index (χ3v) is 3.61. The second-order valence-corrected chi connectivity index (χ2v) is 5.35. The first-order valence-electron chi connectivity index (χ1n) is 5.45. The van der Waals surface area contributed by atoms with Crippen molar-refractivity contribution in [1.29, 1.82) is 0 Å². The second kappa shape index (κ2) is 2.94. The molecule has 0 aromatic heterocycles. The van der Waals surface area contributed by atoms with E-state index in [1.165, 1.54) is 12.8 Å². The Hall–Kier alpha value is -0.110. The molecule has 2 aliphatic rings. The summed E-state index contributed by atoms with van der Waals surface area (Å²) in [5.41, 5.74) is -0.396. The summed E-state index contributed by atoms with van der Waals surface area (Å²) >= 11 is 0. The van der Waals surface area contributed by atoms with E-state index in [1.807, 2.05) is 0 Å². The van der Waals surface area contributed by atoms with Crippen LogP contribution >= 0.6 is 0 Å². The van der Waals surface area contributed by atoms with Crippen LogP contribution in [0.5, 0.6) is 0 Å². The fourth-order valence-corrected chi connectivity index (χ4v) is 3.46. The molecule has 0 aromatic carbocycles. The van der Waals surface area contributed by atoms with Crippen LogP contribution in [0.4, 0.5) is 4.39 Å². The van der Waals surface area contributed by atoms with Gasteiger partial charge in [-0.3, -0.25) is 0 Å². The van der Waals surface area contributed by atoms with Gasteiger partial charge < -0.3 is 5.32 Å². The molecule has 0 bridgehead atoms. The molecular weight excluding hydrogens is 165 g/mol. The van der Waals surface area contributed by atoms with Crippen LogP contribution in [0.25, 0.3) is 0 Å². The number of hydrogen-bond donors (Lipinski definition) is 1. The molecule has 2 fully saturated rings. The van der Waals surface area contributed by atoms with Crippen LogP contribution in [0.1, 0.15) is 39.5 Å². The average molecular weight is 185 g/mol. The third-order valence-electron chi connectivity index (χ3n) is 3.61. The standard InChI is InChI=1S/C11H20FN/c1-3-13-6-9-4-11(5-9)7-10(2,12)8-11/h9,13H,3-8H2,1-2H3. The van der Waals surface area contributed by atoms with Gasteiger partial charge in [0.1, 0.15) is 5.67 Å². The summed E-state index contributed by atoms with van der Waals surface area (Å²) < 4.78 is 13.3. The Balaban J connectivity index is 1.68. The fourth-order valence-electron chi connectivity index (χ4n) is 3.46. The summed E-state index contributed by atoms with van der Waals surface area (Å²) in [6.07, 6.45) is 4.17. The Morgan fingerprint density at radius 3 is 2.46 bits per heavy atom. The van der Waals surface area contributed by atoms with E-state index in [0.717, 1.165) is 31.8 Å². The minimum absolute atomic E-state index is 0.434. The number of halogens is 1. The van der Waals surface area contributed by atoms with Gasteiger partial charge in [-0.2, -0.15) is 0 Å². The van der Waals surface area contributed by atoms with E-state index >= 15 is 0 Å². The molecule has 0 aromatic rings. The van der Waals surface area contributed by atoms with Crippen molar-refractivity contribution in [3.05, 3.63) is 0 Å². The van der Waals surface area contributed by atoms with Crippen molar-refractivity contribution in [2.45, 2.75) is 45.2 Å². The average Bonchev–Trinajstić information content (AvgIpc) is 1.91. The topological polar surface area (TPSA) is 12.0 Å². The maximum atomic E-state index is 13.3. The molecule has 0 atom stereocenters. The van der Waals surface area contributed by atoms with Gasteiger partial charge >= 0.3 is 0 Å². The van der Waals surface area contributed by atoms with E-state index in [1.54, 1.807) is 6.92 Å². The highest BCUT2D eigenvalue weighted by Crippen LogP contribution is 2.63. The maximum Gasteiger partial charge on any atom is 0.109 e. The Bertz CT molecular complexity index is 184. The van der Waals surface area contributed by atoms with Crippen LogP contribution in [0, 0.1) is 11.3 Å². The summed E-state index contributed by atoms with van der Waals surface area (Å²) in [7, 11) is 0. The molecule has 76 valence electrons. The molecular formula is C11H20FN. The van der Waals surface area contributed by atoms with Gasteiger partial charge in [-0.25, -0.2) is 4.39 Å². The highest BCUT2D eigenvalue weighted by atomic mass is 19.1. The summed E-state index contributed by atoms with van der Waals surface area (Å²) in [5.74, 6) is 0.830. The number of nitrogens with one attached hydrogen (secondary N) is 1. The summed E-state index contributed by atoms with van der Waals surface area (Å²) in [4.78, 5) is 0. The number of alkyl halides is 1. The molecule has 0 unspecified atom stereocenters. The van der Waals surface area contributed by atoms with Crippen LogP contribution < -0.4 is 5.32 Å². The lowest BCUT2D eigenvalue weighted by Gasteiger charge is -2.59. The molecule has 2 aliphatic carbocycles. The highest BCUT2D eigenvalue weighted by molar-refractivity contribution is 5.09. The first-order chi connectivity index (χ1) is 6.05. The third kappa shape index (κ3) is 1.74. The van der Waals surface area contributed by atoms with Crippen LogP contribution in [0.3, 0.4) is 0 Å². The predicted molar refractivity (Wildman–Crippen MR) is 52.4 cm³/mol. The normalized spacial score (nSPS) is 48.7. The Kier molecular flexibility index (Phi) is 2.14. The SMILES string of the molecule is CCNCC1CC2(C1)CC(C)(F)C2. The molecule has 0 amide bonds. The van der Waals surface area contributed by atoms with E-state index in [-0.39, 0.29) is 0 Å². The monoisotopic (exact) mass is 185 g/mol. The van der Waals surface area contributed by atoms with Crippen LogP contribution in [0.15, 0.2) is 0 Å². The molecule has 1 nitrogen and oxygen atoms in total. The van der Waals surface area contributed by atoms with Gasteiger partial charge in [0, 0.05) is 0 Å². The molecule has 2 rings (SSSR count). The quantitative estimate of drug-likeness (QED) is 0.712. The predicted octanol–water partition coefficient (Wildman–Crippen LogP) is 2.51. The van der Waals surface area contributed by atoms with Gasteiger partial charge in [0.2, 0.25) is 0 Å². The van der Waals surface area contributed by atoms with Crippen molar-refractivity contribution < 1.29 is 4.39 Å². The molecule has 1 spiro atoms. The van der Waals surface area contributed by atoms with Crippen molar-refractivity contribution in [3.8, 4) is 0 Å². The summed E-state index contributed by atoms with van der Waals surface area (Å²) in [6, 6.07) is 0. The first kappa shape index (κ1) is 9.45. The van der Waals surface area contributed by atoms with E-state index in [2.05, 4.69) is 12.2 Å². The Morgan fingerprint density at radius 1 is 1.38 bits per heavy atom. The molecule has 0 aliphatic heterocycles. The van der Waals surface area contributed by atoms with E-state index in [9.17, 15) is 4.39 Å². The molecule has 2 saturated carbocycles. The van der Waals surface area contributed by atoms with Gasteiger partial charge in [0.25, 0.3) is 0 Å². The van der Waals surface area contributed by atoms with Crippen molar-refractivity contribution >= 4 is 0 Å². The van der Waals surface area contributed by atoms with E-state index < -0.39 is 5.67 Å². The second-order valence-electron chi connectivity index (χ2n) is 5.35. The zero-order chi connectivity index (χ0) is 9.53. The minimum atomic E-state index is -0.830. The van der Waals surface area contributed by atoms with Gasteiger partial charge in [-0.15, -0.1) is 0 Å². The molecule has 0 radical (unpaired) electrons. The van der Waals surface area contributed by atoms with Gasteiger partial charge in [-0.05, 0) is 57.0 Å². The fraction of sp³-hybridized carbons (Fsp3) is 1.00. The summed E-state index contributed by atoms with van der Waals surface area (Å²) in [5, 5.41) is 3.36. The van der Waals surface area contributed by atoms with E-state index in [4.69, 9.17) is 0 Å². The molecule has 0 saturated heterocycles. The van der Waals surface area contributed by atoms with Crippen molar-refractivity contribution in [3.63, 3.8) is 0 Å². The Morgan fingerprint density at radius 2 is 2.00 bits per heavy atom. The lowest BCUT2D eigenvalue weighted by molar-refractivity contribution is -0.129. The lowest BCUT2D eigenvalue weighted by Crippen LogP contribution is -2.55. The van der Waals surface area contributed by atoms with Gasteiger partial charge in [0.05, 0.1) is 0 Å². The van der Waals surface area contributed by atoms with Crippen LogP contribution in [-0.4, -0.2) is 18.8 Å². The Labute approximate surface area is 80.1 Å². The first-order valence-corrected chi connectivity index (χ1v) is 5.45.